The highest BCUT2D eigenvalue weighted by Crippen LogP contribution is 2.36. The molecule has 2 aromatic carbocycles. The SMILES string of the molecule is COc1ccc(-c2nc(C(Cl)(Cl)Cl)[nH]c(=O)n2)cc1.COc1cccc(-c2nc(C(Cl)(Cl)Cl)[nH]c(=O)n2)c1. The van der Waals surface area contributed by atoms with Gasteiger partial charge in [0.1, 0.15) is 11.5 Å². The minimum absolute atomic E-state index is 0.0803. The number of H-pyrrole nitrogens is 2. The third-order valence-electron chi connectivity index (χ3n) is 4.51. The summed E-state index contributed by atoms with van der Waals surface area (Å²) in [5.41, 5.74) is -0.0837. The number of hydrogen-bond acceptors (Lipinski definition) is 8. The van der Waals surface area contributed by atoms with Crippen molar-refractivity contribution in [3.05, 3.63) is 81.1 Å². The second-order valence-electron chi connectivity index (χ2n) is 7.11. The lowest BCUT2D eigenvalue weighted by atomic mass is 10.2. The van der Waals surface area contributed by atoms with Crippen molar-refractivity contribution in [3.63, 3.8) is 0 Å². The van der Waals surface area contributed by atoms with Crippen molar-refractivity contribution in [1.82, 2.24) is 29.9 Å². The maximum absolute atomic E-state index is 11.5. The Kier molecular flexibility index (Phi) is 9.85. The first-order chi connectivity index (χ1) is 17.8. The Hall–Kier alpha value is -2.60. The molecule has 2 N–H and O–H groups in total. The van der Waals surface area contributed by atoms with Gasteiger partial charge in [-0.05, 0) is 36.4 Å². The van der Waals surface area contributed by atoms with Crippen molar-refractivity contribution >= 4 is 69.6 Å². The number of ether oxygens (including phenoxy) is 2. The van der Waals surface area contributed by atoms with E-state index in [0.717, 1.165) is 0 Å². The Morgan fingerprint density at radius 2 is 1.11 bits per heavy atom. The van der Waals surface area contributed by atoms with Gasteiger partial charge in [-0.2, -0.15) is 9.97 Å². The fourth-order valence-electron chi connectivity index (χ4n) is 2.80. The summed E-state index contributed by atoms with van der Waals surface area (Å²) in [6, 6.07) is 13.7. The van der Waals surface area contributed by atoms with E-state index in [1.165, 1.54) is 7.11 Å². The van der Waals surface area contributed by atoms with Gasteiger partial charge < -0.3 is 9.47 Å². The Bertz CT molecular complexity index is 1520. The van der Waals surface area contributed by atoms with Crippen LogP contribution in [0, 0.1) is 0 Å². The van der Waals surface area contributed by atoms with Crippen LogP contribution in [0.2, 0.25) is 0 Å². The fraction of sp³-hybridized carbons (Fsp3) is 0.182. The normalized spacial score (nSPS) is 11.4. The number of alkyl halides is 6. The number of nitrogens with one attached hydrogen (secondary N) is 2. The zero-order chi connectivity index (χ0) is 28.1. The Labute approximate surface area is 245 Å². The van der Waals surface area contributed by atoms with E-state index >= 15 is 0 Å². The molecule has 0 fully saturated rings. The topological polar surface area (TPSA) is 136 Å². The number of halogens is 6. The summed E-state index contributed by atoms with van der Waals surface area (Å²) < 4.78 is 6.48. The first kappa shape index (κ1) is 29.9. The van der Waals surface area contributed by atoms with E-state index in [0.29, 0.717) is 22.6 Å². The van der Waals surface area contributed by atoms with Crippen LogP contribution in [0.15, 0.2) is 58.1 Å². The monoisotopic (exact) mass is 638 g/mol. The zero-order valence-corrected chi connectivity index (χ0v) is 23.8. The van der Waals surface area contributed by atoms with Gasteiger partial charge in [0.2, 0.25) is 7.59 Å². The number of nitrogens with zero attached hydrogens (tertiary/aromatic N) is 4. The van der Waals surface area contributed by atoms with E-state index in [2.05, 4.69) is 29.9 Å². The molecule has 4 rings (SSSR count). The number of aromatic amines is 2. The predicted octanol–water partition coefficient (Wildman–Crippen LogP) is 5.33. The average molecular weight is 641 g/mol. The second kappa shape index (κ2) is 12.5. The molecule has 0 atom stereocenters. The number of benzene rings is 2. The van der Waals surface area contributed by atoms with Gasteiger partial charge in [0.25, 0.3) is 0 Å². The van der Waals surface area contributed by atoms with Crippen LogP contribution in [0.25, 0.3) is 22.8 Å². The second-order valence-corrected chi connectivity index (χ2v) is 11.7. The lowest BCUT2D eigenvalue weighted by Gasteiger charge is -2.10. The van der Waals surface area contributed by atoms with Crippen LogP contribution in [0.1, 0.15) is 11.6 Å². The lowest BCUT2D eigenvalue weighted by Crippen LogP contribution is -2.20. The molecule has 2 aromatic heterocycles. The molecule has 0 saturated carbocycles. The van der Waals surface area contributed by atoms with Crippen molar-refractivity contribution in [2.45, 2.75) is 7.59 Å². The minimum atomic E-state index is -1.82. The van der Waals surface area contributed by atoms with Crippen molar-refractivity contribution < 1.29 is 9.47 Å². The van der Waals surface area contributed by atoms with Crippen LogP contribution in [0.3, 0.4) is 0 Å². The molecular weight excluding hydrogens is 625 g/mol. The number of methoxy groups -OCH3 is 2. The van der Waals surface area contributed by atoms with Gasteiger partial charge >= 0.3 is 11.4 Å². The Morgan fingerprint density at radius 3 is 1.55 bits per heavy atom. The smallest absolute Gasteiger partial charge is 0.348 e. The molecule has 0 unspecified atom stereocenters. The minimum Gasteiger partial charge on any atom is -0.497 e. The van der Waals surface area contributed by atoms with Crippen LogP contribution in [-0.4, -0.2) is 44.1 Å². The molecule has 0 amide bonds. The highest BCUT2D eigenvalue weighted by atomic mass is 35.6. The van der Waals surface area contributed by atoms with Gasteiger partial charge in [-0.3, -0.25) is 9.97 Å². The molecule has 0 aliphatic heterocycles. The predicted molar refractivity (Wildman–Crippen MR) is 148 cm³/mol. The molecule has 4 aromatic rings. The van der Waals surface area contributed by atoms with Gasteiger partial charge in [0.05, 0.1) is 14.2 Å². The summed E-state index contributed by atoms with van der Waals surface area (Å²) >= 11 is 34.1. The van der Waals surface area contributed by atoms with Crippen molar-refractivity contribution in [2.75, 3.05) is 14.2 Å². The molecule has 38 heavy (non-hydrogen) atoms. The molecule has 0 aliphatic rings. The molecule has 0 radical (unpaired) electrons. The Balaban J connectivity index is 0.000000211. The fourth-order valence-corrected chi connectivity index (χ4v) is 3.33. The quantitative estimate of drug-likeness (QED) is 0.286. The van der Waals surface area contributed by atoms with Gasteiger partial charge in [0, 0.05) is 11.1 Å². The van der Waals surface area contributed by atoms with Crippen LogP contribution in [-0.2, 0) is 7.59 Å². The Morgan fingerprint density at radius 1 is 0.632 bits per heavy atom. The third-order valence-corrected chi connectivity index (χ3v) is 5.59. The molecule has 10 nitrogen and oxygen atoms in total. The van der Waals surface area contributed by atoms with Crippen molar-refractivity contribution in [2.24, 2.45) is 0 Å². The molecule has 0 bridgehead atoms. The zero-order valence-electron chi connectivity index (χ0n) is 19.3. The van der Waals surface area contributed by atoms with Crippen LogP contribution < -0.4 is 20.9 Å². The summed E-state index contributed by atoms with van der Waals surface area (Å²) in [6.07, 6.45) is 0. The average Bonchev–Trinajstić information content (AvgIpc) is 2.87. The highest BCUT2D eigenvalue weighted by Gasteiger charge is 2.28. The van der Waals surface area contributed by atoms with E-state index < -0.39 is 19.0 Å². The lowest BCUT2D eigenvalue weighted by molar-refractivity contribution is 0.415. The van der Waals surface area contributed by atoms with E-state index in [4.69, 9.17) is 79.1 Å². The van der Waals surface area contributed by atoms with Crippen LogP contribution in [0.5, 0.6) is 11.5 Å². The number of hydrogen-bond donors (Lipinski definition) is 2. The molecule has 0 aliphatic carbocycles. The first-order valence-electron chi connectivity index (χ1n) is 10.2. The standard InChI is InChI=1S/2C11H8Cl3N3O2/c1-19-7-4-2-6(3-5-7)8-15-9(11(12,13)14)17-10(18)16-8;1-19-7-4-2-3-6(5-7)8-15-9(11(12,13)14)17-10(18)16-8/h2*2-5H,1H3,(H,15,16,17,18). The maximum Gasteiger partial charge on any atom is 0.348 e. The maximum atomic E-state index is 11.5. The summed E-state index contributed by atoms with van der Waals surface area (Å²) in [6.45, 7) is 0. The van der Waals surface area contributed by atoms with Gasteiger partial charge in [-0.1, -0.05) is 81.7 Å². The van der Waals surface area contributed by atoms with Gasteiger partial charge in [0.15, 0.2) is 23.3 Å². The van der Waals surface area contributed by atoms with Gasteiger partial charge in [-0.25, -0.2) is 19.6 Å². The summed E-state index contributed by atoms with van der Waals surface area (Å²) in [4.78, 5) is 43.0. The third kappa shape index (κ3) is 8.20. The van der Waals surface area contributed by atoms with Crippen LogP contribution in [0.4, 0.5) is 0 Å². The summed E-state index contributed by atoms with van der Waals surface area (Å²) in [7, 11) is 3.09. The molecule has 0 saturated heterocycles. The van der Waals surface area contributed by atoms with E-state index in [1.807, 2.05) is 0 Å². The molecular formula is C22H16Cl6N6O4. The van der Waals surface area contributed by atoms with E-state index in [-0.39, 0.29) is 23.3 Å². The van der Waals surface area contributed by atoms with E-state index in [9.17, 15) is 9.59 Å². The van der Waals surface area contributed by atoms with E-state index in [1.54, 1.807) is 55.6 Å². The molecule has 0 spiro atoms. The summed E-state index contributed by atoms with van der Waals surface area (Å²) in [5.74, 6) is 1.45. The van der Waals surface area contributed by atoms with Gasteiger partial charge in [-0.15, -0.1) is 0 Å². The molecule has 200 valence electrons. The number of rotatable bonds is 4. The summed E-state index contributed by atoms with van der Waals surface area (Å²) in [5, 5.41) is 0. The molecule has 16 heteroatoms. The van der Waals surface area contributed by atoms with Crippen molar-refractivity contribution in [1.29, 1.82) is 0 Å². The largest absolute Gasteiger partial charge is 0.497 e. The van der Waals surface area contributed by atoms with Crippen LogP contribution >= 0.6 is 69.6 Å². The highest BCUT2D eigenvalue weighted by molar-refractivity contribution is 6.67. The number of aromatic nitrogens is 6. The first-order valence-corrected chi connectivity index (χ1v) is 12.5. The molecule has 2 heterocycles. The van der Waals surface area contributed by atoms with Crippen molar-refractivity contribution in [3.8, 4) is 34.3 Å².